The molecule has 0 amide bonds. The first-order chi connectivity index (χ1) is 9.68. The van der Waals surface area contributed by atoms with Crippen LogP contribution in [0.5, 0.6) is 0 Å². The molecule has 0 saturated carbocycles. The minimum atomic E-state index is -0.488. The quantitative estimate of drug-likeness (QED) is 0.533. The number of hydrogen-bond donors (Lipinski definition) is 0. The highest BCUT2D eigenvalue weighted by Crippen LogP contribution is 2.34. The van der Waals surface area contributed by atoms with Crippen molar-refractivity contribution in [3.63, 3.8) is 0 Å². The zero-order chi connectivity index (χ0) is 14.1. The third-order valence-corrected chi connectivity index (χ3v) is 3.11. The van der Waals surface area contributed by atoms with Gasteiger partial charge in [0.25, 0.3) is 5.69 Å². The lowest BCUT2D eigenvalue weighted by Gasteiger charge is -2.05. The van der Waals surface area contributed by atoms with Crippen molar-refractivity contribution in [3.05, 3.63) is 57.9 Å². The second kappa shape index (κ2) is 4.82. The van der Waals surface area contributed by atoms with E-state index in [1.54, 1.807) is 30.5 Å². The lowest BCUT2D eigenvalue weighted by atomic mass is 10.1. The van der Waals surface area contributed by atoms with E-state index in [1.165, 1.54) is 6.07 Å². The van der Waals surface area contributed by atoms with E-state index in [9.17, 15) is 10.1 Å². The molecular formula is C13H7ClN4O2. The van der Waals surface area contributed by atoms with Gasteiger partial charge < -0.3 is 0 Å². The van der Waals surface area contributed by atoms with Gasteiger partial charge in [-0.1, -0.05) is 29.8 Å². The average molecular weight is 287 g/mol. The van der Waals surface area contributed by atoms with Crippen LogP contribution in [0.4, 0.5) is 5.69 Å². The van der Waals surface area contributed by atoms with Gasteiger partial charge in [-0.3, -0.25) is 15.1 Å². The van der Waals surface area contributed by atoms with Crippen LogP contribution in [0.15, 0.2) is 42.6 Å². The number of non-ortho nitro benzene ring substituents is 1. The second-order valence-electron chi connectivity index (χ2n) is 4.01. The van der Waals surface area contributed by atoms with Gasteiger partial charge in [-0.25, -0.2) is 0 Å². The Morgan fingerprint density at radius 2 is 1.95 bits per heavy atom. The Labute approximate surface area is 118 Å². The van der Waals surface area contributed by atoms with Gasteiger partial charge in [-0.15, -0.1) is 10.2 Å². The number of nitrogens with zero attached hydrogens (tertiary/aromatic N) is 4. The lowest BCUT2D eigenvalue weighted by molar-refractivity contribution is -0.383. The highest BCUT2D eigenvalue weighted by atomic mass is 35.5. The molecular weight excluding hydrogens is 280 g/mol. The molecule has 0 atom stereocenters. The summed E-state index contributed by atoms with van der Waals surface area (Å²) in [4.78, 5) is 14.8. The van der Waals surface area contributed by atoms with E-state index in [2.05, 4.69) is 15.2 Å². The van der Waals surface area contributed by atoms with E-state index in [1.807, 2.05) is 6.07 Å². The van der Waals surface area contributed by atoms with Crippen LogP contribution in [-0.2, 0) is 0 Å². The summed E-state index contributed by atoms with van der Waals surface area (Å²) in [7, 11) is 0. The Kier molecular flexibility index (Phi) is 3.00. The number of fused-ring (bicyclic) bond motifs is 1. The Morgan fingerprint density at radius 1 is 1.10 bits per heavy atom. The summed E-state index contributed by atoms with van der Waals surface area (Å²) in [5, 5.41) is 19.7. The molecule has 1 aromatic carbocycles. The first-order valence-corrected chi connectivity index (χ1v) is 6.07. The highest BCUT2D eigenvalue weighted by Gasteiger charge is 2.19. The van der Waals surface area contributed by atoms with E-state index in [-0.39, 0.29) is 16.2 Å². The molecule has 3 rings (SSSR count). The number of aromatic nitrogens is 3. The van der Waals surface area contributed by atoms with E-state index in [0.717, 1.165) is 0 Å². The maximum Gasteiger partial charge on any atom is 0.280 e. The standard InChI is InChI=1S/C13H7ClN4O2/c14-13-11-8(4-3-6-10(11)18(19)20)12(16-17-13)9-5-1-2-7-15-9/h1-7H. The van der Waals surface area contributed by atoms with E-state index in [0.29, 0.717) is 16.8 Å². The van der Waals surface area contributed by atoms with Crippen LogP contribution in [-0.4, -0.2) is 20.1 Å². The number of halogens is 1. The number of rotatable bonds is 2. The summed E-state index contributed by atoms with van der Waals surface area (Å²) in [5.74, 6) is 0. The molecule has 98 valence electrons. The molecule has 3 aromatic rings. The van der Waals surface area contributed by atoms with Gasteiger partial charge in [0.2, 0.25) is 0 Å². The molecule has 0 saturated heterocycles. The molecule has 2 aromatic heterocycles. The Balaban J connectivity index is 2.40. The summed E-state index contributed by atoms with van der Waals surface area (Å²) in [5.41, 5.74) is 0.954. The zero-order valence-corrected chi connectivity index (χ0v) is 10.8. The molecule has 0 fully saturated rings. The number of hydrogen-bond acceptors (Lipinski definition) is 5. The maximum atomic E-state index is 11.1. The molecule has 6 nitrogen and oxygen atoms in total. The van der Waals surface area contributed by atoms with Crippen molar-refractivity contribution < 1.29 is 4.92 Å². The molecule has 2 heterocycles. The van der Waals surface area contributed by atoms with Crippen LogP contribution < -0.4 is 0 Å². The predicted octanol–water partition coefficient (Wildman–Crippen LogP) is 3.25. The maximum absolute atomic E-state index is 11.1. The normalized spacial score (nSPS) is 10.7. The highest BCUT2D eigenvalue weighted by molar-refractivity contribution is 6.35. The average Bonchev–Trinajstić information content (AvgIpc) is 2.48. The summed E-state index contributed by atoms with van der Waals surface area (Å²) in [6.07, 6.45) is 1.62. The second-order valence-corrected chi connectivity index (χ2v) is 4.37. The van der Waals surface area contributed by atoms with Crippen molar-refractivity contribution in [3.8, 4) is 11.4 Å². The van der Waals surface area contributed by atoms with E-state index >= 15 is 0 Å². The van der Waals surface area contributed by atoms with Crippen molar-refractivity contribution in [1.82, 2.24) is 15.2 Å². The van der Waals surface area contributed by atoms with E-state index in [4.69, 9.17) is 11.6 Å². The molecule has 0 radical (unpaired) electrons. The van der Waals surface area contributed by atoms with Crippen LogP contribution in [0, 0.1) is 10.1 Å². The Hall–Kier alpha value is -2.60. The van der Waals surface area contributed by atoms with Crippen LogP contribution in [0.25, 0.3) is 22.2 Å². The topological polar surface area (TPSA) is 81.8 Å². The van der Waals surface area contributed by atoms with E-state index < -0.39 is 4.92 Å². The van der Waals surface area contributed by atoms with Gasteiger partial charge >= 0.3 is 0 Å². The molecule has 0 unspecified atom stereocenters. The van der Waals surface area contributed by atoms with Crippen molar-refractivity contribution in [2.75, 3.05) is 0 Å². The molecule has 20 heavy (non-hydrogen) atoms. The number of pyridine rings is 1. The smallest absolute Gasteiger partial charge is 0.258 e. The van der Waals surface area contributed by atoms with Gasteiger partial charge in [0.05, 0.1) is 10.6 Å². The van der Waals surface area contributed by atoms with Gasteiger partial charge in [-0.05, 0) is 12.1 Å². The van der Waals surface area contributed by atoms with Crippen LogP contribution in [0.1, 0.15) is 0 Å². The summed E-state index contributed by atoms with van der Waals surface area (Å²) < 4.78 is 0. The van der Waals surface area contributed by atoms with Crippen LogP contribution >= 0.6 is 11.6 Å². The van der Waals surface area contributed by atoms with Gasteiger partial charge in [0.15, 0.2) is 5.15 Å². The predicted molar refractivity (Wildman–Crippen MR) is 74.4 cm³/mol. The number of nitro groups is 1. The largest absolute Gasteiger partial charge is 0.280 e. The summed E-state index contributed by atoms with van der Waals surface area (Å²) in [6.45, 7) is 0. The number of benzene rings is 1. The lowest BCUT2D eigenvalue weighted by Crippen LogP contribution is -1.96. The van der Waals surface area contributed by atoms with Gasteiger partial charge in [0.1, 0.15) is 11.1 Å². The van der Waals surface area contributed by atoms with Gasteiger partial charge in [0, 0.05) is 17.6 Å². The first kappa shape index (κ1) is 12.4. The fraction of sp³-hybridized carbons (Fsp3) is 0. The Morgan fingerprint density at radius 3 is 2.65 bits per heavy atom. The SMILES string of the molecule is O=[N+]([O-])c1cccc2c(-c3ccccn3)nnc(Cl)c12. The Bertz CT molecular complexity index is 808. The number of nitro benzene ring substituents is 1. The monoisotopic (exact) mass is 286 g/mol. The van der Waals surface area contributed by atoms with Crippen LogP contribution in [0.3, 0.4) is 0 Å². The molecule has 0 N–H and O–H groups in total. The van der Waals surface area contributed by atoms with Gasteiger partial charge in [-0.2, -0.15) is 0 Å². The summed E-state index contributed by atoms with van der Waals surface area (Å²) >= 11 is 5.97. The fourth-order valence-corrected chi connectivity index (χ4v) is 2.23. The molecule has 0 aliphatic heterocycles. The molecule has 0 spiro atoms. The minimum Gasteiger partial charge on any atom is -0.258 e. The fourth-order valence-electron chi connectivity index (χ4n) is 2.00. The first-order valence-electron chi connectivity index (χ1n) is 5.69. The molecule has 7 heteroatoms. The zero-order valence-electron chi connectivity index (χ0n) is 10.0. The van der Waals surface area contributed by atoms with Crippen molar-refractivity contribution >= 4 is 28.1 Å². The third-order valence-electron chi connectivity index (χ3n) is 2.85. The molecule has 0 bridgehead atoms. The molecule has 0 aliphatic carbocycles. The third kappa shape index (κ3) is 1.96. The van der Waals surface area contributed by atoms with Crippen LogP contribution in [0.2, 0.25) is 5.15 Å². The van der Waals surface area contributed by atoms with Crippen molar-refractivity contribution in [2.24, 2.45) is 0 Å². The minimum absolute atomic E-state index is 0.00646. The molecule has 0 aliphatic rings. The van der Waals surface area contributed by atoms with Crippen molar-refractivity contribution in [2.45, 2.75) is 0 Å². The summed E-state index contributed by atoms with van der Waals surface area (Å²) in [6, 6.07) is 10.0. The van der Waals surface area contributed by atoms with Crippen molar-refractivity contribution in [1.29, 1.82) is 0 Å².